The maximum Gasteiger partial charge on any atom is 0.133 e. The van der Waals surface area contributed by atoms with Crippen LogP contribution in [0, 0.1) is 11.6 Å². The van der Waals surface area contributed by atoms with E-state index in [0.717, 1.165) is 23.1 Å². The van der Waals surface area contributed by atoms with Gasteiger partial charge in [0.1, 0.15) is 17.3 Å². The molecule has 2 aliphatic rings. The lowest BCUT2D eigenvalue weighted by Gasteiger charge is -2.44. The van der Waals surface area contributed by atoms with Crippen LogP contribution in [0.1, 0.15) is 49.9 Å². The van der Waals surface area contributed by atoms with Crippen LogP contribution < -0.4 is 5.32 Å². The molecule has 0 aromatic heterocycles. The van der Waals surface area contributed by atoms with Crippen LogP contribution in [0.25, 0.3) is 5.57 Å². The minimum Gasteiger partial charge on any atom is -0.388 e. The summed E-state index contributed by atoms with van der Waals surface area (Å²) in [6, 6.07) is 10.1. The SMILES string of the molecule is CNc1cc(F)c([C@@H]2C3=C(C[C@@H](C)N2CC(C)(C)F)c2ccccc2C3)c(F)c1. The number of alkyl halides is 1. The molecule has 2 nitrogen and oxygen atoms in total. The van der Waals surface area contributed by atoms with Gasteiger partial charge in [0, 0.05) is 30.9 Å². The normalized spacial score (nSPS) is 21.9. The van der Waals surface area contributed by atoms with E-state index in [4.69, 9.17) is 0 Å². The fraction of sp³-hybridized carbons (Fsp3) is 0.417. The van der Waals surface area contributed by atoms with E-state index >= 15 is 8.78 Å². The Hall–Kier alpha value is -2.27. The van der Waals surface area contributed by atoms with Crippen molar-refractivity contribution in [2.24, 2.45) is 0 Å². The van der Waals surface area contributed by atoms with Crippen LogP contribution in [-0.2, 0) is 6.42 Å². The number of halogens is 3. The lowest BCUT2D eigenvalue weighted by Crippen LogP contribution is -2.47. The number of rotatable bonds is 4. The third-order valence-electron chi connectivity index (χ3n) is 6.04. The Morgan fingerprint density at radius 2 is 1.79 bits per heavy atom. The molecule has 0 unspecified atom stereocenters. The number of nitrogens with one attached hydrogen (secondary N) is 1. The zero-order chi connectivity index (χ0) is 20.9. The second-order valence-electron chi connectivity index (χ2n) is 8.79. The van der Waals surface area contributed by atoms with Crippen molar-refractivity contribution < 1.29 is 13.2 Å². The van der Waals surface area contributed by atoms with E-state index in [1.54, 1.807) is 7.05 Å². The number of benzene rings is 2. The van der Waals surface area contributed by atoms with Crippen LogP contribution in [-0.4, -0.2) is 30.2 Å². The molecular formula is C24H27F3N2. The molecule has 0 spiro atoms. The molecule has 0 bridgehead atoms. The van der Waals surface area contributed by atoms with Crippen molar-refractivity contribution in [1.29, 1.82) is 0 Å². The maximum absolute atomic E-state index is 15.2. The largest absolute Gasteiger partial charge is 0.388 e. The van der Waals surface area contributed by atoms with E-state index in [2.05, 4.69) is 17.4 Å². The van der Waals surface area contributed by atoms with Crippen LogP contribution in [0.4, 0.5) is 18.9 Å². The standard InChI is InChI=1S/C24H27F3N2/c1-14-9-18-17-8-6-5-7-15(17)10-19(18)23(29(14)13-24(2,3)27)22-20(25)11-16(28-4)12-21(22)26/h5-8,11-12,14,23,28H,9-10,13H2,1-4H3/t14-,23+/m1/s1. The highest BCUT2D eigenvalue weighted by atomic mass is 19.1. The molecule has 0 fully saturated rings. The molecule has 1 aliphatic carbocycles. The first kappa shape index (κ1) is 20.0. The molecule has 154 valence electrons. The summed E-state index contributed by atoms with van der Waals surface area (Å²) >= 11 is 0. The highest BCUT2D eigenvalue weighted by Crippen LogP contribution is 2.50. The Kier molecular flexibility index (Phi) is 4.97. The Morgan fingerprint density at radius 3 is 2.41 bits per heavy atom. The minimum absolute atomic E-state index is 0.0140. The van der Waals surface area contributed by atoms with E-state index in [1.165, 1.54) is 31.5 Å². The maximum atomic E-state index is 15.2. The number of hydrogen-bond acceptors (Lipinski definition) is 2. The van der Waals surface area contributed by atoms with Gasteiger partial charge in [-0.2, -0.15) is 0 Å². The Bertz CT molecular complexity index is 951. The number of fused-ring (bicyclic) bond motifs is 2. The van der Waals surface area contributed by atoms with Crippen molar-refractivity contribution in [2.75, 3.05) is 18.9 Å². The van der Waals surface area contributed by atoms with Crippen LogP contribution >= 0.6 is 0 Å². The molecule has 0 saturated carbocycles. The third kappa shape index (κ3) is 3.57. The van der Waals surface area contributed by atoms with Crippen molar-refractivity contribution in [3.63, 3.8) is 0 Å². The van der Waals surface area contributed by atoms with Gasteiger partial charge in [-0.05, 0) is 68.0 Å². The first-order valence-electron chi connectivity index (χ1n) is 10.1. The third-order valence-corrected chi connectivity index (χ3v) is 6.04. The van der Waals surface area contributed by atoms with Crippen LogP contribution in [0.2, 0.25) is 0 Å². The first-order chi connectivity index (χ1) is 13.7. The molecule has 0 saturated heterocycles. The quantitative estimate of drug-likeness (QED) is 0.687. The summed E-state index contributed by atoms with van der Waals surface area (Å²) in [6.07, 6.45) is 1.38. The summed E-state index contributed by atoms with van der Waals surface area (Å²) in [6.45, 7) is 5.15. The molecule has 2 atom stereocenters. The van der Waals surface area contributed by atoms with E-state index in [-0.39, 0.29) is 18.2 Å². The zero-order valence-electron chi connectivity index (χ0n) is 17.3. The van der Waals surface area contributed by atoms with Gasteiger partial charge in [-0.15, -0.1) is 0 Å². The van der Waals surface area contributed by atoms with Gasteiger partial charge in [0.25, 0.3) is 0 Å². The summed E-state index contributed by atoms with van der Waals surface area (Å²) in [4.78, 5) is 1.94. The van der Waals surface area contributed by atoms with Crippen molar-refractivity contribution in [1.82, 2.24) is 4.90 Å². The molecule has 2 aromatic carbocycles. The molecular weight excluding hydrogens is 373 g/mol. The van der Waals surface area contributed by atoms with Crippen LogP contribution in [0.15, 0.2) is 42.0 Å². The van der Waals surface area contributed by atoms with Gasteiger partial charge in [-0.1, -0.05) is 24.3 Å². The fourth-order valence-electron chi connectivity index (χ4n) is 4.83. The van der Waals surface area contributed by atoms with Gasteiger partial charge in [0.05, 0.1) is 6.04 Å². The molecule has 0 amide bonds. The smallest absolute Gasteiger partial charge is 0.133 e. The van der Waals surface area contributed by atoms with Crippen molar-refractivity contribution in [3.8, 4) is 0 Å². The lowest BCUT2D eigenvalue weighted by atomic mass is 9.84. The number of hydrogen-bond donors (Lipinski definition) is 1. The average Bonchev–Trinajstić information content (AvgIpc) is 3.00. The summed E-state index contributed by atoms with van der Waals surface area (Å²) in [5.74, 6) is -1.20. The summed E-state index contributed by atoms with van der Waals surface area (Å²) in [7, 11) is 1.63. The fourth-order valence-corrected chi connectivity index (χ4v) is 4.83. The van der Waals surface area contributed by atoms with Crippen molar-refractivity contribution in [3.05, 3.63) is 70.3 Å². The minimum atomic E-state index is -1.48. The summed E-state index contributed by atoms with van der Waals surface area (Å²) in [5, 5.41) is 2.79. The summed E-state index contributed by atoms with van der Waals surface area (Å²) < 4.78 is 45.1. The highest BCUT2D eigenvalue weighted by Gasteiger charge is 2.42. The second-order valence-corrected chi connectivity index (χ2v) is 8.79. The predicted octanol–water partition coefficient (Wildman–Crippen LogP) is 5.90. The van der Waals surface area contributed by atoms with Gasteiger partial charge in [0.2, 0.25) is 0 Å². The molecule has 29 heavy (non-hydrogen) atoms. The molecule has 4 rings (SSSR count). The van der Waals surface area contributed by atoms with E-state index < -0.39 is 23.3 Å². The van der Waals surface area contributed by atoms with E-state index in [9.17, 15) is 4.39 Å². The van der Waals surface area contributed by atoms with Gasteiger partial charge in [0.15, 0.2) is 0 Å². The van der Waals surface area contributed by atoms with E-state index in [1.807, 2.05) is 24.0 Å². The van der Waals surface area contributed by atoms with Crippen molar-refractivity contribution >= 4 is 11.3 Å². The zero-order valence-corrected chi connectivity index (χ0v) is 17.3. The van der Waals surface area contributed by atoms with Gasteiger partial charge in [-0.25, -0.2) is 13.2 Å². The van der Waals surface area contributed by atoms with Gasteiger partial charge >= 0.3 is 0 Å². The molecule has 0 radical (unpaired) electrons. The van der Waals surface area contributed by atoms with Gasteiger partial charge < -0.3 is 5.32 Å². The van der Waals surface area contributed by atoms with Gasteiger partial charge in [-0.3, -0.25) is 4.90 Å². The Morgan fingerprint density at radius 1 is 1.14 bits per heavy atom. The van der Waals surface area contributed by atoms with Crippen molar-refractivity contribution in [2.45, 2.75) is 51.4 Å². The predicted molar refractivity (Wildman–Crippen MR) is 112 cm³/mol. The van der Waals surface area contributed by atoms with E-state index in [0.29, 0.717) is 12.1 Å². The number of anilines is 1. The van der Waals surface area contributed by atoms with Crippen LogP contribution in [0.3, 0.4) is 0 Å². The molecule has 1 heterocycles. The molecule has 1 N–H and O–H groups in total. The molecule has 5 heteroatoms. The Labute approximate surface area is 170 Å². The summed E-state index contributed by atoms with van der Waals surface area (Å²) in [5.41, 5.74) is 3.39. The monoisotopic (exact) mass is 400 g/mol. The van der Waals surface area contributed by atoms with Crippen LogP contribution in [0.5, 0.6) is 0 Å². The number of nitrogens with zero attached hydrogens (tertiary/aromatic N) is 1. The topological polar surface area (TPSA) is 15.3 Å². The average molecular weight is 400 g/mol. The first-order valence-corrected chi connectivity index (χ1v) is 10.1. The highest BCUT2D eigenvalue weighted by molar-refractivity contribution is 5.79. The second kappa shape index (κ2) is 7.21. The molecule has 1 aliphatic heterocycles. The Balaban J connectivity index is 1.90. The molecule has 2 aromatic rings. The lowest BCUT2D eigenvalue weighted by molar-refractivity contribution is 0.0677.